The van der Waals surface area contributed by atoms with Crippen LogP contribution in [0.15, 0.2) is 36.8 Å². The minimum absolute atomic E-state index is 0.187. The molecule has 0 aromatic carbocycles. The van der Waals surface area contributed by atoms with Crippen molar-refractivity contribution in [2.75, 3.05) is 0 Å². The van der Waals surface area contributed by atoms with Gasteiger partial charge in [0, 0.05) is 30.2 Å². The van der Waals surface area contributed by atoms with Gasteiger partial charge in [0.25, 0.3) is 0 Å². The summed E-state index contributed by atoms with van der Waals surface area (Å²) in [6.07, 6.45) is 4.60. The summed E-state index contributed by atoms with van der Waals surface area (Å²) in [7, 11) is 0. The van der Waals surface area contributed by atoms with Gasteiger partial charge < -0.3 is 0 Å². The van der Waals surface area contributed by atoms with Gasteiger partial charge in [-0.15, -0.1) is 0 Å². The van der Waals surface area contributed by atoms with E-state index in [0.29, 0.717) is 5.56 Å². The van der Waals surface area contributed by atoms with Crippen molar-refractivity contribution in [3.05, 3.63) is 52.6 Å². The van der Waals surface area contributed by atoms with Crippen LogP contribution in [0.5, 0.6) is 0 Å². The second-order valence-electron chi connectivity index (χ2n) is 3.20. The van der Waals surface area contributed by atoms with Gasteiger partial charge in [-0.3, -0.25) is 15.1 Å². The summed E-state index contributed by atoms with van der Waals surface area (Å²) in [5.74, 6) is 0. The van der Waals surface area contributed by atoms with E-state index in [9.17, 15) is 10.1 Å². The van der Waals surface area contributed by atoms with Crippen molar-refractivity contribution in [2.45, 2.75) is 0 Å². The molecule has 6 heteroatoms. The molecule has 0 saturated carbocycles. The average molecular weight is 226 g/mol. The van der Waals surface area contributed by atoms with Crippen molar-refractivity contribution in [3.63, 3.8) is 0 Å². The summed E-state index contributed by atoms with van der Waals surface area (Å²) in [5, 5.41) is 19.5. The summed E-state index contributed by atoms with van der Waals surface area (Å²) in [5.41, 5.74) is 0.868. The van der Waals surface area contributed by atoms with Crippen LogP contribution in [-0.2, 0) is 0 Å². The highest BCUT2D eigenvalue weighted by molar-refractivity contribution is 5.66. The highest BCUT2D eigenvalue weighted by Crippen LogP contribution is 2.24. The van der Waals surface area contributed by atoms with Gasteiger partial charge in [-0.05, 0) is 17.7 Å². The molecule has 0 aliphatic carbocycles. The van der Waals surface area contributed by atoms with Gasteiger partial charge in [-0.1, -0.05) is 0 Å². The highest BCUT2D eigenvalue weighted by atomic mass is 16.6. The molecule has 17 heavy (non-hydrogen) atoms. The average Bonchev–Trinajstić information content (AvgIpc) is 2.39. The molecule has 82 valence electrons. The zero-order chi connectivity index (χ0) is 12.3. The van der Waals surface area contributed by atoms with Gasteiger partial charge in [0.2, 0.25) is 5.69 Å². The fourth-order valence-electron chi connectivity index (χ4n) is 1.38. The largest absolute Gasteiger partial charge is 0.306 e. The number of rotatable bonds is 2. The molecule has 0 aliphatic heterocycles. The van der Waals surface area contributed by atoms with E-state index in [1.54, 1.807) is 30.6 Å². The van der Waals surface area contributed by atoms with E-state index in [2.05, 4.69) is 9.97 Å². The van der Waals surface area contributed by atoms with E-state index in [0.717, 1.165) is 5.56 Å². The van der Waals surface area contributed by atoms with Crippen LogP contribution >= 0.6 is 0 Å². The summed E-state index contributed by atoms with van der Waals surface area (Å²) < 4.78 is 0. The zero-order valence-electron chi connectivity index (χ0n) is 8.57. The number of hydrogen-bond acceptors (Lipinski definition) is 5. The Morgan fingerprint density at radius 1 is 1.29 bits per heavy atom. The van der Waals surface area contributed by atoms with Gasteiger partial charge in [0.05, 0.1) is 4.92 Å². The first-order chi connectivity index (χ1) is 8.22. The predicted molar refractivity (Wildman–Crippen MR) is 58.8 cm³/mol. The zero-order valence-corrected chi connectivity index (χ0v) is 8.57. The van der Waals surface area contributed by atoms with Crippen molar-refractivity contribution in [2.24, 2.45) is 0 Å². The number of nitrogens with zero attached hydrogens (tertiary/aromatic N) is 4. The molecule has 0 bridgehead atoms. The van der Waals surface area contributed by atoms with Crippen LogP contribution in [0.1, 0.15) is 5.69 Å². The lowest BCUT2D eigenvalue weighted by Gasteiger charge is -2.00. The van der Waals surface area contributed by atoms with Crippen LogP contribution in [0.25, 0.3) is 11.1 Å². The second-order valence-corrected chi connectivity index (χ2v) is 3.20. The van der Waals surface area contributed by atoms with Crippen LogP contribution in [-0.4, -0.2) is 14.9 Å². The highest BCUT2D eigenvalue weighted by Gasteiger charge is 2.16. The van der Waals surface area contributed by atoms with Crippen molar-refractivity contribution in [3.8, 4) is 17.2 Å². The number of nitriles is 1. The molecule has 2 aromatic heterocycles. The molecule has 2 heterocycles. The minimum atomic E-state index is -0.615. The standard InChI is InChI=1S/C11H6N4O2/c12-6-10-11(15(16)17)5-9(7-14-10)8-1-3-13-4-2-8/h1-5,7H. The van der Waals surface area contributed by atoms with E-state index in [1.807, 2.05) is 0 Å². The van der Waals surface area contributed by atoms with E-state index >= 15 is 0 Å². The van der Waals surface area contributed by atoms with E-state index in [4.69, 9.17) is 5.26 Å². The molecule has 0 spiro atoms. The molecule has 6 nitrogen and oxygen atoms in total. The first-order valence-corrected chi connectivity index (χ1v) is 4.67. The van der Waals surface area contributed by atoms with Crippen molar-refractivity contribution in [1.82, 2.24) is 9.97 Å². The van der Waals surface area contributed by atoms with Gasteiger partial charge in [-0.2, -0.15) is 5.26 Å². The van der Waals surface area contributed by atoms with Crippen LogP contribution in [0.3, 0.4) is 0 Å². The van der Waals surface area contributed by atoms with Crippen LogP contribution in [0.4, 0.5) is 5.69 Å². The molecule has 0 amide bonds. The maximum absolute atomic E-state index is 10.8. The number of hydrogen-bond donors (Lipinski definition) is 0. The van der Waals surface area contributed by atoms with E-state index < -0.39 is 4.92 Å². The molecule has 0 fully saturated rings. The second kappa shape index (κ2) is 4.37. The lowest BCUT2D eigenvalue weighted by atomic mass is 10.1. The van der Waals surface area contributed by atoms with Gasteiger partial charge >= 0.3 is 5.69 Å². The fourth-order valence-corrected chi connectivity index (χ4v) is 1.38. The van der Waals surface area contributed by atoms with Crippen molar-refractivity contribution in [1.29, 1.82) is 5.26 Å². The predicted octanol–water partition coefficient (Wildman–Crippen LogP) is 1.92. The van der Waals surface area contributed by atoms with Gasteiger partial charge in [0.15, 0.2) is 0 Å². The molecule has 0 atom stereocenters. The van der Waals surface area contributed by atoms with Gasteiger partial charge in [-0.25, -0.2) is 4.98 Å². The maximum Gasteiger partial charge on any atom is 0.306 e. The lowest BCUT2D eigenvalue weighted by molar-refractivity contribution is -0.385. The molecule has 0 saturated heterocycles. The third kappa shape index (κ3) is 2.08. The molecule has 2 rings (SSSR count). The molecular formula is C11H6N4O2. The van der Waals surface area contributed by atoms with Crippen molar-refractivity contribution >= 4 is 5.69 Å². The Morgan fingerprint density at radius 3 is 2.59 bits per heavy atom. The molecule has 0 radical (unpaired) electrons. The minimum Gasteiger partial charge on any atom is -0.265 e. The number of aromatic nitrogens is 2. The van der Waals surface area contributed by atoms with Crippen LogP contribution in [0.2, 0.25) is 0 Å². The third-order valence-corrected chi connectivity index (χ3v) is 2.18. The Morgan fingerprint density at radius 2 is 2.00 bits per heavy atom. The van der Waals surface area contributed by atoms with Crippen LogP contribution in [0, 0.1) is 21.4 Å². The summed E-state index contributed by atoms with van der Waals surface area (Å²) >= 11 is 0. The normalized spacial score (nSPS) is 9.59. The topological polar surface area (TPSA) is 92.7 Å². The molecule has 0 N–H and O–H groups in total. The SMILES string of the molecule is N#Cc1ncc(-c2ccncc2)cc1[N+](=O)[O-]. The Kier molecular flexibility index (Phi) is 2.75. The quantitative estimate of drug-likeness (QED) is 0.576. The Balaban J connectivity index is 2.56. The van der Waals surface area contributed by atoms with Crippen molar-refractivity contribution < 1.29 is 4.92 Å². The maximum atomic E-state index is 10.8. The first kappa shape index (κ1) is 10.7. The lowest BCUT2D eigenvalue weighted by Crippen LogP contribution is -1.95. The summed E-state index contributed by atoms with van der Waals surface area (Å²) in [6, 6.07) is 6.45. The number of pyridine rings is 2. The Bertz CT molecular complexity index is 605. The molecule has 0 aliphatic rings. The first-order valence-electron chi connectivity index (χ1n) is 4.67. The summed E-state index contributed by atoms with van der Waals surface area (Å²) in [4.78, 5) is 17.8. The Hall–Kier alpha value is -2.81. The fraction of sp³-hybridized carbons (Fsp3) is 0. The number of nitro groups is 1. The monoisotopic (exact) mass is 226 g/mol. The Labute approximate surface area is 96.3 Å². The van der Waals surface area contributed by atoms with Crippen LogP contribution < -0.4 is 0 Å². The van der Waals surface area contributed by atoms with E-state index in [-0.39, 0.29) is 11.4 Å². The molecular weight excluding hydrogens is 220 g/mol. The third-order valence-electron chi connectivity index (χ3n) is 2.18. The summed E-state index contributed by atoms with van der Waals surface area (Å²) in [6.45, 7) is 0. The van der Waals surface area contributed by atoms with Gasteiger partial charge in [0.1, 0.15) is 6.07 Å². The van der Waals surface area contributed by atoms with E-state index in [1.165, 1.54) is 12.3 Å². The molecule has 2 aromatic rings. The molecule has 0 unspecified atom stereocenters. The smallest absolute Gasteiger partial charge is 0.265 e.